The van der Waals surface area contributed by atoms with E-state index in [1.807, 2.05) is 36.6 Å². The summed E-state index contributed by atoms with van der Waals surface area (Å²) in [4.78, 5) is 23.6. The SMILES string of the molecule is Cc1cc(/C=C(/C#N)C(=O)Nc2cccc(Br)c2)c(C)n1-c1ccc(C(=O)O)cc1. The molecule has 3 rings (SSSR count). The fraction of sp³-hybridized carbons (Fsp3) is 0.0870. The summed E-state index contributed by atoms with van der Waals surface area (Å²) in [5.74, 6) is -1.48. The summed E-state index contributed by atoms with van der Waals surface area (Å²) in [6, 6.07) is 17.5. The molecule has 7 heteroatoms. The number of carboxylic acids is 1. The highest BCUT2D eigenvalue weighted by molar-refractivity contribution is 9.10. The molecule has 0 fully saturated rings. The van der Waals surface area contributed by atoms with Gasteiger partial charge < -0.3 is 15.0 Å². The minimum absolute atomic E-state index is 0.0172. The Morgan fingerprint density at radius 2 is 1.83 bits per heavy atom. The average molecular weight is 464 g/mol. The van der Waals surface area contributed by atoms with Crippen molar-refractivity contribution in [2.45, 2.75) is 13.8 Å². The van der Waals surface area contributed by atoms with E-state index in [0.29, 0.717) is 5.69 Å². The van der Waals surface area contributed by atoms with Crippen LogP contribution in [0.15, 0.2) is 64.6 Å². The molecule has 3 aromatic rings. The van der Waals surface area contributed by atoms with Gasteiger partial charge in [-0.3, -0.25) is 4.79 Å². The monoisotopic (exact) mass is 463 g/mol. The number of anilines is 1. The van der Waals surface area contributed by atoms with Crippen LogP contribution in [0, 0.1) is 25.2 Å². The molecule has 0 unspecified atom stereocenters. The Morgan fingerprint density at radius 3 is 2.43 bits per heavy atom. The first-order valence-electron chi connectivity index (χ1n) is 9.01. The van der Waals surface area contributed by atoms with E-state index in [9.17, 15) is 14.9 Å². The van der Waals surface area contributed by atoms with Crippen molar-refractivity contribution in [3.8, 4) is 11.8 Å². The summed E-state index contributed by atoms with van der Waals surface area (Å²) in [6.07, 6.45) is 1.55. The number of carboxylic acid groups (broad SMARTS) is 1. The van der Waals surface area contributed by atoms with Gasteiger partial charge in [0.25, 0.3) is 5.91 Å². The third-order valence-electron chi connectivity index (χ3n) is 4.59. The highest BCUT2D eigenvalue weighted by Crippen LogP contribution is 2.24. The number of amides is 1. The summed E-state index contributed by atoms with van der Waals surface area (Å²) < 4.78 is 2.76. The molecule has 0 saturated heterocycles. The third kappa shape index (κ3) is 4.50. The minimum atomic E-state index is -0.985. The first-order valence-corrected chi connectivity index (χ1v) is 9.81. The van der Waals surface area contributed by atoms with Crippen LogP contribution in [-0.4, -0.2) is 21.6 Å². The van der Waals surface area contributed by atoms with Crippen molar-refractivity contribution >= 4 is 39.6 Å². The molecule has 6 nitrogen and oxygen atoms in total. The van der Waals surface area contributed by atoms with Crippen molar-refractivity contribution in [1.29, 1.82) is 5.26 Å². The molecular formula is C23H18BrN3O3. The van der Waals surface area contributed by atoms with Gasteiger partial charge in [-0.2, -0.15) is 5.26 Å². The smallest absolute Gasteiger partial charge is 0.335 e. The van der Waals surface area contributed by atoms with Crippen LogP contribution in [0.4, 0.5) is 5.69 Å². The predicted octanol–water partition coefficient (Wildman–Crippen LogP) is 5.10. The van der Waals surface area contributed by atoms with Gasteiger partial charge in [0.2, 0.25) is 0 Å². The van der Waals surface area contributed by atoms with Gasteiger partial charge in [0.05, 0.1) is 5.56 Å². The molecule has 0 aliphatic carbocycles. The number of benzene rings is 2. The number of carbonyl (C=O) groups is 2. The Kier molecular flexibility index (Phi) is 6.19. The molecule has 0 radical (unpaired) electrons. The number of nitrogens with zero attached hydrogens (tertiary/aromatic N) is 2. The highest BCUT2D eigenvalue weighted by Gasteiger charge is 2.14. The van der Waals surface area contributed by atoms with Crippen LogP contribution in [0.2, 0.25) is 0 Å². The van der Waals surface area contributed by atoms with Crippen molar-refractivity contribution in [2.24, 2.45) is 0 Å². The summed E-state index contributed by atoms with van der Waals surface area (Å²) in [5.41, 5.74) is 4.03. The molecular weight excluding hydrogens is 446 g/mol. The lowest BCUT2D eigenvalue weighted by atomic mass is 10.1. The molecule has 0 aliphatic heterocycles. The number of hydrogen-bond donors (Lipinski definition) is 2. The van der Waals surface area contributed by atoms with E-state index in [4.69, 9.17) is 5.11 Å². The normalized spacial score (nSPS) is 11.1. The largest absolute Gasteiger partial charge is 0.478 e. The lowest BCUT2D eigenvalue weighted by Crippen LogP contribution is -2.13. The summed E-state index contributed by atoms with van der Waals surface area (Å²) in [5, 5.41) is 21.3. The number of rotatable bonds is 5. The fourth-order valence-corrected chi connectivity index (χ4v) is 3.55. The van der Waals surface area contributed by atoms with Gasteiger partial charge in [-0.1, -0.05) is 22.0 Å². The van der Waals surface area contributed by atoms with Crippen molar-refractivity contribution in [3.63, 3.8) is 0 Å². The van der Waals surface area contributed by atoms with Gasteiger partial charge in [-0.15, -0.1) is 0 Å². The van der Waals surface area contributed by atoms with E-state index in [1.54, 1.807) is 36.4 Å². The Balaban J connectivity index is 1.92. The van der Waals surface area contributed by atoms with Gasteiger partial charge >= 0.3 is 5.97 Å². The lowest BCUT2D eigenvalue weighted by Gasteiger charge is -2.10. The predicted molar refractivity (Wildman–Crippen MR) is 119 cm³/mol. The Hall–Kier alpha value is -3.63. The summed E-state index contributed by atoms with van der Waals surface area (Å²) in [7, 11) is 0. The zero-order valence-corrected chi connectivity index (χ0v) is 17.9. The van der Waals surface area contributed by atoms with Crippen molar-refractivity contribution < 1.29 is 14.7 Å². The number of aromatic nitrogens is 1. The highest BCUT2D eigenvalue weighted by atomic mass is 79.9. The molecule has 0 spiro atoms. The van der Waals surface area contributed by atoms with Gasteiger partial charge in [-0.25, -0.2) is 4.79 Å². The number of halogens is 1. The number of nitriles is 1. The second-order valence-electron chi connectivity index (χ2n) is 6.65. The van der Waals surface area contributed by atoms with Gasteiger partial charge in [-0.05, 0) is 74.0 Å². The van der Waals surface area contributed by atoms with E-state index in [0.717, 1.165) is 27.1 Å². The average Bonchev–Trinajstić information content (AvgIpc) is 2.99. The van der Waals surface area contributed by atoms with Gasteiger partial charge in [0.1, 0.15) is 11.6 Å². The number of aromatic carboxylic acids is 1. The first kappa shape index (κ1) is 21.1. The Labute approximate surface area is 182 Å². The number of hydrogen-bond acceptors (Lipinski definition) is 3. The second-order valence-corrected chi connectivity index (χ2v) is 7.56. The van der Waals surface area contributed by atoms with Crippen molar-refractivity contribution in [1.82, 2.24) is 4.57 Å². The molecule has 30 heavy (non-hydrogen) atoms. The fourth-order valence-electron chi connectivity index (χ4n) is 3.15. The number of carbonyl (C=O) groups excluding carboxylic acids is 1. The lowest BCUT2D eigenvalue weighted by molar-refractivity contribution is -0.112. The third-order valence-corrected chi connectivity index (χ3v) is 5.08. The number of aryl methyl sites for hydroxylation is 1. The van der Waals surface area contributed by atoms with Crippen LogP contribution in [0.3, 0.4) is 0 Å². The molecule has 1 amide bonds. The molecule has 150 valence electrons. The molecule has 2 aromatic carbocycles. The molecule has 0 atom stereocenters. The van der Waals surface area contributed by atoms with Crippen molar-refractivity contribution in [2.75, 3.05) is 5.32 Å². The molecule has 1 heterocycles. The zero-order chi connectivity index (χ0) is 21.8. The standard InChI is InChI=1S/C23H18BrN3O3/c1-14-10-17(15(2)27(14)21-8-6-16(7-9-21)23(29)30)11-18(13-25)22(28)26-20-5-3-4-19(24)12-20/h3-12H,1-2H3,(H,26,28)(H,29,30)/b18-11-. The molecule has 0 saturated carbocycles. The van der Waals surface area contributed by atoms with E-state index in [1.165, 1.54) is 12.1 Å². The maximum Gasteiger partial charge on any atom is 0.335 e. The van der Waals surface area contributed by atoms with E-state index >= 15 is 0 Å². The summed E-state index contributed by atoms with van der Waals surface area (Å²) in [6.45, 7) is 3.79. The van der Waals surface area contributed by atoms with Crippen LogP contribution in [0.25, 0.3) is 11.8 Å². The maximum atomic E-state index is 12.6. The van der Waals surface area contributed by atoms with Crippen LogP contribution in [-0.2, 0) is 4.79 Å². The maximum absolute atomic E-state index is 12.6. The van der Waals surface area contributed by atoms with Crippen LogP contribution >= 0.6 is 15.9 Å². The van der Waals surface area contributed by atoms with Gasteiger partial charge in [0.15, 0.2) is 0 Å². The molecule has 1 aromatic heterocycles. The minimum Gasteiger partial charge on any atom is -0.478 e. The van der Waals surface area contributed by atoms with Crippen LogP contribution < -0.4 is 5.32 Å². The molecule has 0 bridgehead atoms. The van der Waals surface area contributed by atoms with E-state index in [2.05, 4.69) is 21.2 Å². The first-order chi connectivity index (χ1) is 14.3. The Morgan fingerprint density at radius 1 is 1.13 bits per heavy atom. The molecule has 2 N–H and O–H groups in total. The second kappa shape index (κ2) is 8.80. The zero-order valence-electron chi connectivity index (χ0n) is 16.3. The van der Waals surface area contributed by atoms with Crippen LogP contribution in [0.1, 0.15) is 27.3 Å². The van der Waals surface area contributed by atoms with Crippen LogP contribution in [0.5, 0.6) is 0 Å². The van der Waals surface area contributed by atoms with E-state index in [-0.39, 0.29) is 11.1 Å². The van der Waals surface area contributed by atoms with Crippen molar-refractivity contribution in [3.05, 3.63) is 87.2 Å². The number of nitrogens with one attached hydrogen (secondary N) is 1. The quantitative estimate of drug-likeness (QED) is 0.406. The Bertz CT molecular complexity index is 1200. The summed E-state index contributed by atoms with van der Waals surface area (Å²) >= 11 is 3.35. The molecule has 0 aliphatic rings. The van der Waals surface area contributed by atoms with E-state index < -0.39 is 11.9 Å². The van der Waals surface area contributed by atoms with Gasteiger partial charge in [0, 0.05) is 27.2 Å². The topological polar surface area (TPSA) is 95.1 Å².